The Bertz CT molecular complexity index is 461. The van der Waals surface area contributed by atoms with E-state index < -0.39 is 0 Å². The second kappa shape index (κ2) is 3.21. The highest BCUT2D eigenvalue weighted by molar-refractivity contribution is 6.42. The number of fused-ring (bicyclic) bond motifs is 1. The van der Waals surface area contributed by atoms with Crippen molar-refractivity contribution in [2.45, 2.75) is 6.92 Å². The van der Waals surface area contributed by atoms with Crippen molar-refractivity contribution in [3.05, 3.63) is 45.9 Å². The average Bonchev–Trinajstić information content (AvgIpc) is 2.08. The van der Waals surface area contributed by atoms with E-state index in [0.717, 1.165) is 10.8 Å². The SMILES string of the molecule is Cc1ccc2cc(Cl)c(Cl)cc2c1. The van der Waals surface area contributed by atoms with E-state index in [1.807, 2.05) is 18.2 Å². The van der Waals surface area contributed by atoms with Gasteiger partial charge in [0.25, 0.3) is 0 Å². The number of benzene rings is 2. The molecule has 0 amide bonds. The van der Waals surface area contributed by atoms with E-state index in [4.69, 9.17) is 23.2 Å². The van der Waals surface area contributed by atoms with Gasteiger partial charge in [-0.15, -0.1) is 0 Å². The smallest absolute Gasteiger partial charge is 0.0598 e. The molecule has 0 fully saturated rings. The maximum Gasteiger partial charge on any atom is 0.0598 e. The van der Waals surface area contributed by atoms with E-state index in [2.05, 4.69) is 19.1 Å². The third-order valence-electron chi connectivity index (χ3n) is 2.03. The van der Waals surface area contributed by atoms with E-state index in [1.165, 1.54) is 5.56 Å². The van der Waals surface area contributed by atoms with Crippen LogP contribution in [0.25, 0.3) is 10.8 Å². The molecular weight excluding hydrogens is 203 g/mol. The van der Waals surface area contributed by atoms with E-state index in [-0.39, 0.29) is 0 Å². The van der Waals surface area contributed by atoms with Gasteiger partial charge in [0.05, 0.1) is 10.0 Å². The van der Waals surface area contributed by atoms with Gasteiger partial charge in [0.2, 0.25) is 0 Å². The Kier molecular flexibility index (Phi) is 2.19. The highest BCUT2D eigenvalue weighted by atomic mass is 35.5. The molecule has 0 aromatic heterocycles. The molecule has 0 radical (unpaired) electrons. The average molecular weight is 211 g/mol. The molecule has 13 heavy (non-hydrogen) atoms. The van der Waals surface area contributed by atoms with Crippen LogP contribution in [0.2, 0.25) is 10.0 Å². The summed E-state index contributed by atoms with van der Waals surface area (Å²) in [4.78, 5) is 0. The summed E-state index contributed by atoms with van der Waals surface area (Å²) in [5.74, 6) is 0. The Morgan fingerprint density at radius 3 is 2.15 bits per heavy atom. The molecule has 0 unspecified atom stereocenters. The highest BCUT2D eigenvalue weighted by Crippen LogP contribution is 2.28. The Balaban J connectivity index is 2.81. The molecule has 0 aliphatic rings. The number of aryl methyl sites for hydroxylation is 1. The van der Waals surface area contributed by atoms with Gasteiger partial charge in [-0.1, -0.05) is 47.0 Å². The van der Waals surface area contributed by atoms with Gasteiger partial charge in [0.15, 0.2) is 0 Å². The van der Waals surface area contributed by atoms with Crippen LogP contribution >= 0.6 is 23.2 Å². The molecule has 0 nitrogen and oxygen atoms in total. The fraction of sp³-hybridized carbons (Fsp3) is 0.0909. The molecule has 0 heterocycles. The second-order valence-corrected chi connectivity index (χ2v) is 3.93. The fourth-order valence-corrected chi connectivity index (χ4v) is 1.71. The van der Waals surface area contributed by atoms with Crippen molar-refractivity contribution < 1.29 is 0 Å². The minimum atomic E-state index is 0.609. The Labute approximate surface area is 87.1 Å². The summed E-state index contributed by atoms with van der Waals surface area (Å²) >= 11 is 11.8. The van der Waals surface area contributed by atoms with Crippen LogP contribution in [0.1, 0.15) is 5.56 Å². The monoisotopic (exact) mass is 210 g/mol. The summed E-state index contributed by atoms with van der Waals surface area (Å²) in [5, 5.41) is 3.48. The molecule has 2 heteroatoms. The minimum Gasteiger partial charge on any atom is -0.0827 e. The van der Waals surface area contributed by atoms with Gasteiger partial charge in [0, 0.05) is 0 Å². The number of hydrogen-bond acceptors (Lipinski definition) is 0. The summed E-state index contributed by atoms with van der Waals surface area (Å²) in [6.45, 7) is 2.06. The first kappa shape index (κ1) is 8.86. The van der Waals surface area contributed by atoms with Crippen LogP contribution in [-0.2, 0) is 0 Å². The molecular formula is C11H8Cl2. The quantitative estimate of drug-likeness (QED) is 0.603. The van der Waals surface area contributed by atoms with Crippen LogP contribution in [0.5, 0.6) is 0 Å². The zero-order valence-corrected chi connectivity index (χ0v) is 8.65. The number of halogens is 2. The molecule has 2 aromatic rings. The number of hydrogen-bond donors (Lipinski definition) is 0. The predicted molar refractivity (Wildman–Crippen MR) is 58.7 cm³/mol. The third kappa shape index (κ3) is 1.65. The molecule has 0 spiro atoms. The van der Waals surface area contributed by atoms with E-state index >= 15 is 0 Å². The van der Waals surface area contributed by atoms with Crippen LogP contribution in [0.15, 0.2) is 30.3 Å². The first-order chi connectivity index (χ1) is 6.16. The van der Waals surface area contributed by atoms with E-state index in [9.17, 15) is 0 Å². The lowest BCUT2D eigenvalue weighted by molar-refractivity contribution is 1.51. The summed E-state index contributed by atoms with van der Waals surface area (Å²) in [6, 6.07) is 9.99. The standard InChI is InChI=1S/C11H8Cl2/c1-7-2-3-8-5-10(12)11(13)6-9(8)4-7/h2-6H,1H3. The maximum absolute atomic E-state index is 5.91. The lowest BCUT2D eigenvalue weighted by atomic mass is 10.1. The van der Waals surface area contributed by atoms with Crippen molar-refractivity contribution in [1.82, 2.24) is 0 Å². The third-order valence-corrected chi connectivity index (χ3v) is 2.76. The molecule has 2 aromatic carbocycles. The fourth-order valence-electron chi connectivity index (χ4n) is 1.36. The zero-order chi connectivity index (χ0) is 9.42. The van der Waals surface area contributed by atoms with Gasteiger partial charge < -0.3 is 0 Å². The second-order valence-electron chi connectivity index (χ2n) is 3.12. The van der Waals surface area contributed by atoms with E-state index in [1.54, 1.807) is 0 Å². The number of rotatable bonds is 0. The summed E-state index contributed by atoms with van der Waals surface area (Å²) in [6.07, 6.45) is 0. The summed E-state index contributed by atoms with van der Waals surface area (Å²) < 4.78 is 0. The first-order valence-corrected chi connectivity index (χ1v) is 4.78. The molecule has 66 valence electrons. The van der Waals surface area contributed by atoms with Crippen molar-refractivity contribution in [3.8, 4) is 0 Å². The van der Waals surface area contributed by atoms with Gasteiger partial charge >= 0.3 is 0 Å². The Hall–Kier alpha value is -0.720. The van der Waals surface area contributed by atoms with Gasteiger partial charge in [-0.3, -0.25) is 0 Å². The maximum atomic E-state index is 5.91. The molecule has 0 saturated heterocycles. The molecule has 0 N–H and O–H groups in total. The van der Waals surface area contributed by atoms with Gasteiger partial charge in [-0.25, -0.2) is 0 Å². The normalized spacial score (nSPS) is 10.7. The first-order valence-electron chi connectivity index (χ1n) is 4.02. The lowest BCUT2D eigenvalue weighted by Gasteiger charge is -2.01. The van der Waals surface area contributed by atoms with Crippen molar-refractivity contribution in [1.29, 1.82) is 0 Å². The highest BCUT2D eigenvalue weighted by Gasteiger charge is 2.00. The van der Waals surface area contributed by atoms with Crippen molar-refractivity contribution in [2.75, 3.05) is 0 Å². The van der Waals surface area contributed by atoms with Gasteiger partial charge in [-0.05, 0) is 29.8 Å². The largest absolute Gasteiger partial charge is 0.0827 e. The molecule has 2 rings (SSSR count). The molecule has 0 aliphatic heterocycles. The van der Waals surface area contributed by atoms with Crippen LogP contribution in [0, 0.1) is 6.92 Å². The van der Waals surface area contributed by atoms with Crippen LogP contribution in [-0.4, -0.2) is 0 Å². The molecule has 0 saturated carbocycles. The Morgan fingerprint density at radius 2 is 1.46 bits per heavy atom. The van der Waals surface area contributed by atoms with Crippen LogP contribution in [0.3, 0.4) is 0 Å². The van der Waals surface area contributed by atoms with E-state index in [0.29, 0.717) is 10.0 Å². The van der Waals surface area contributed by atoms with Crippen molar-refractivity contribution >= 4 is 34.0 Å². The molecule has 0 aliphatic carbocycles. The molecule has 0 bridgehead atoms. The Morgan fingerprint density at radius 1 is 0.846 bits per heavy atom. The van der Waals surface area contributed by atoms with Crippen LogP contribution in [0.4, 0.5) is 0 Å². The van der Waals surface area contributed by atoms with Crippen molar-refractivity contribution in [2.24, 2.45) is 0 Å². The minimum absolute atomic E-state index is 0.609. The summed E-state index contributed by atoms with van der Waals surface area (Å²) in [7, 11) is 0. The zero-order valence-electron chi connectivity index (χ0n) is 7.14. The van der Waals surface area contributed by atoms with Crippen LogP contribution < -0.4 is 0 Å². The van der Waals surface area contributed by atoms with Gasteiger partial charge in [-0.2, -0.15) is 0 Å². The van der Waals surface area contributed by atoms with Gasteiger partial charge in [0.1, 0.15) is 0 Å². The molecule has 0 atom stereocenters. The topological polar surface area (TPSA) is 0 Å². The van der Waals surface area contributed by atoms with Crippen molar-refractivity contribution in [3.63, 3.8) is 0 Å². The summed E-state index contributed by atoms with van der Waals surface area (Å²) in [5.41, 5.74) is 1.23. The lowest BCUT2D eigenvalue weighted by Crippen LogP contribution is -1.76. The predicted octanol–water partition coefficient (Wildman–Crippen LogP) is 4.46.